The van der Waals surface area contributed by atoms with Gasteiger partial charge in [-0.05, 0) is 30.4 Å². The summed E-state index contributed by atoms with van der Waals surface area (Å²) in [7, 11) is -0.672. The van der Waals surface area contributed by atoms with E-state index < -0.39 is 10.0 Å². The number of hydrogen-bond acceptors (Lipinski definition) is 4. The average Bonchev–Trinajstić information content (AvgIpc) is 2.51. The first-order valence-electron chi connectivity index (χ1n) is 7.63. The molecule has 1 saturated carbocycles. The van der Waals surface area contributed by atoms with Gasteiger partial charge in [0.15, 0.2) is 0 Å². The van der Waals surface area contributed by atoms with Crippen LogP contribution in [0.4, 0.5) is 0 Å². The van der Waals surface area contributed by atoms with E-state index in [1.807, 2.05) is 0 Å². The second-order valence-electron chi connectivity index (χ2n) is 6.01. The van der Waals surface area contributed by atoms with Crippen molar-refractivity contribution >= 4 is 10.0 Å². The Morgan fingerprint density at radius 1 is 1.14 bits per heavy atom. The standard InChI is InChI=1S/C16H25NO4S/c1-11-6-5-7-14(12(11)2)17-22(18,19)16-10-13(20-3)8-9-15(16)21-4/h8-12,14,17H,5-7H2,1-4H3/t11-,12+,14-/m0/s1. The number of sulfonamides is 1. The van der Waals surface area contributed by atoms with Crippen LogP contribution in [-0.4, -0.2) is 28.7 Å². The van der Waals surface area contributed by atoms with E-state index in [0.717, 1.165) is 19.3 Å². The van der Waals surface area contributed by atoms with Gasteiger partial charge < -0.3 is 9.47 Å². The van der Waals surface area contributed by atoms with Crippen LogP contribution < -0.4 is 14.2 Å². The van der Waals surface area contributed by atoms with Crippen molar-refractivity contribution in [3.05, 3.63) is 18.2 Å². The highest BCUT2D eigenvalue weighted by Gasteiger charge is 2.32. The highest BCUT2D eigenvalue weighted by Crippen LogP contribution is 2.32. The first kappa shape index (κ1) is 17.1. The van der Waals surface area contributed by atoms with Crippen molar-refractivity contribution in [2.24, 2.45) is 11.8 Å². The monoisotopic (exact) mass is 327 g/mol. The normalized spacial score (nSPS) is 25.7. The van der Waals surface area contributed by atoms with Gasteiger partial charge in [-0.15, -0.1) is 0 Å². The molecule has 0 heterocycles. The molecule has 0 spiro atoms. The number of rotatable bonds is 5. The lowest BCUT2D eigenvalue weighted by Gasteiger charge is -2.34. The summed E-state index contributed by atoms with van der Waals surface area (Å²) < 4.78 is 38.7. The van der Waals surface area contributed by atoms with Crippen LogP contribution in [-0.2, 0) is 10.0 Å². The summed E-state index contributed by atoms with van der Waals surface area (Å²) >= 11 is 0. The maximum absolute atomic E-state index is 12.8. The minimum Gasteiger partial charge on any atom is -0.497 e. The Kier molecular flexibility index (Phi) is 5.34. The number of ether oxygens (including phenoxy) is 2. The molecule has 1 aromatic rings. The minimum atomic E-state index is -3.65. The molecule has 0 saturated heterocycles. The molecule has 1 aliphatic carbocycles. The molecule has 0 aliphatic heterocycles. The SMILES string of the molecule is COc1ccc(OC)c(S(=O)(=O)N[C@H]2CCC[C@H](C)[C@H]2C)c1. The summed E-state index contributed by atoms with van der Waals surface area (Å²) in [4.78, 5) is 0.125. The highest BCUT2D eigenvalue weighted by atomic mass is 32.2. The van der Waals surface area contributed by atoms with Gasteiger partial charge in [-0.25, -0.2) is 13.1 Å². The highest BCUT2D eigenvalue weighted by molar-refractivity contribution is 7.89. The van der Waals surface area contributed by atoms with Crippen LogP contribution in [0, 0.1) is 11.8 Å². The van der Waals surface area contributed by atoms with Gasteiger partial charge in [0.25, 0.3) is 0 Å². The minimum absolute atomic E-state index is 0.0374. The molecule has 0 amide bonds. The fourth-order valence-electron chi connectivity index (χ4n) is 3.01. The number of hydrogen-bond donors (Lipinski definition) is 1. The van der Waals surface area contributed by atoms with Crippen molar-refractivity contribution < 1.29 is 17.9 Å². The van der Waals surface area contributed by atoms with Crippen LogP contribution in [0.2, 0.25) is 0 Å². The molecule has 22 heavy (non-hydrogen) atoms. The summed E-state index contributed by atoms with van der Waals surface area (Å²) in [5.74, 6) is 1.66. The lowest BCUT2D eigenvalue weighted by atomic mass is 9.78. The Hall–Kier alpha value is -1.27. The summed E-state index contributed by atoms with van der Waals surface area (Å²) in [5.41, 5.74) is 0. The third-order valence-corrected chi connectivity index (χ3v) is 6.18. The van der Waals surface area contributed by atoms with E-state index in [1.165, 1.54) is 20.3 Å². The molecule has 0 unspecified atom stereocenters. The molecule has 2 rings (SSSR count). The molecule has 1 aromatic carbocycles. The Morgan fingerprint density at radius 3 is 2.50 bits per heavy atom. The average molecular weight is 327 g/mol. The predicted octanol–water partition coefficient (Wildman–Crippen LogP) is 2.81. The smallest absolute Gasteiger partial charge is 0.244 e. The fourth-order valence-corrected chi connectivity index (χ4v) is 4.55. The van der Waals surface area contributed by atoms with Crippen LogP contribution in [0.25, 0.3) is 0 Å². The first-order chi connectivity index (χ1) is 10.4. The van der Waals surface area contributed by atoms with Gasteiger partial charge in [0, 0.05) is 12.1 Å². The van der Waals surface area contributed by atoms with E-state index in [2.05, 4.69) is 18.6 Å². The van der Waals surface area contributed by atoms with Crippen LogP contribution >= 0.6 is 0 Å². The zero-order chi connectivity index (χ0) is 16.3. The number of methoxy groups -OCH3 is 2. The molecule has 5 nitrogen and oxygen atoms in total. The van der Waals surface area contributed by atoms with Crippen LogP contribution in [0.15, 0.2) is 23.1 Å². The third kappa shape index (κ3) is 3.55. The van der Waals surface area contributed by atoms with Crippen molar-refractivity contribution in [2.45, 2.75) is 44.0 Å². The molecule has 1 N–H and O–H groups in total. The molecule has 0 radical (unpaired) electrons. The molecule has 124 valence electrons. The Labute approximate surface area is 133 Å². The van der Waals surface area contributed by atoms with E-state index in [0.29, 0.717) is 23.3 Å². The van der Waals surface area contributed by atoms with Gasteiger partial charge in [-0.2, -0.15) is 0 Å². The van der Waals surface area contributed by atoms with E-state index >= 15 is 0 Å². The van der Waals surface area contributed by atoms with Crippen molar-refractivity contribution in [3.63, 3.8) is 0 Å². The summed E-state index contributed by atoms with van der Waals surface area (Å²) in [5, 5.41) is 0. The summed E-state index contributed by atoms with van der Waals surface area (Å²) in [6, 6.07) is 4.76. The number of benzene rings is 1. The molecule has 3 atom stereocenters. The second kappa shape index (κ2) is 6.87. The third-order valence-electron chi connectivity index (χ3n) is 4.67. The van der Waals surface area contributed by atoms with Crippen LogP contribution in [0.5, 0.6) is 11.5 Å². The zero-order valence-electron chi connectivity index (χ0n) is 13.6. The van der Waals surface area contributed by atoms with E-state index in [4.69, 9.17) is 9.47 Å². The second-order valence-corrected chi connectivity index (χ2v) is 7.69. The Balaban J connectivity index is 2.30. The van der Waals surface area contributed by atoms with E-state index in [-0.39, 0.29) is 10.9 Å². The van der Waals surface area contributed by atoms with Gasteiger partial charge in [0.05, 0.1) is 14.2 Å². The Morgan fingerprint density at radius 2 is 1.86 bits per heavy atom. The van der Waals surface area contributed by atoms with Crippen LogP contribution in [0.1, 0.15) is 33.1 Å². The predicted molar refractivity (Wildman–Crippen MR) is 85.8 cm³/mol. The van der Waals surface area contributed by atoms with Crippen molar-refractivity contribution in [3.8, 4) is 11.5 Å². The number of nitrogens with one attached hydrogen (secondary N) is 1. The quantitative estimate of drug-likeness (QED) is 0.903. The largest absolute Gasteiger partial charge is 0.497 e. The van der Waals surface area contributed by atoms with Gasteiger partial charge >= 0.3 is 0 Å². The van der Waals surface area contributed by atoms with Crippen molar-refractivity contribution in [1.82, 2.24) is 4.72 Å². The fraction of sp³-hybridized carbons (Fsp3) is 0.625. The molecule has 1 fully saturated rings. The summed E-state index contributed by atoms with van der Waals surface area (Å²) in [6.07, 6.45) is 3.08. The van der Waals surface area contributed by atoms with Crippen LogP contribution in [0.3, 0.4) is 0 Å². The van der Waals surface area contributed by atoms with Crippen molar-refractivity contribution in [1.29, 1.82) is 0 Å². The van der Waals surface area contributed by atoms with Gasteiger partial charge in [-0.3, -0.25) is 0 Å². The lowest BCUT2D eigenvalue weighted by molar-refractivity contribution is 0.226. The first-order valence-corrected chi connectivity index (χ1v) is 9.11. The maximum Gasteiger partial charge on any atom is 0.244 e. The molecule has 0 bridgehead atoms. The maximum atomic E-state index is 12.8. The molecular weight excluding hydrogens is 302 g/mol. The molecule has 0 aromatic heterocycles. The molecule has 1 aliphatic rings. The zero-order valence-corrected chi connectivity index (χ0v) is 14.4. The van der Waals surface area contributed by atoms with Gasteiger partial charge in [0.2, 0.25) is 10.0 Å². The molecule has 6 heteroatoms. The van der Waals surface area contributed by atoms with E-state index in [1.54, 1.807) is 12.1 Å². The topological polar surface area (TPSA) is 64.6 Å². The summed E-state index contributed by atoms with van der Waals surface area (Å²) in [6.45, 7) is 4.29. The molecular formula is C16H25NO4S. The van der Waals surface area contributed by atoms with Gasteiger partial charge in [0.1, 0.15) is 16.4 Å². The van der Waals surface area contributed by atoms with E-state index in [9.17, 15) is 8.42 Å². The van der Waals surface area contributed by atoms with Crippen molar-refractivity contribution in [2.75, 3.05) is 14.2 Å². The van der Waals surface area contributed by atoms with Gasteiger partial charge in [-0.1, -0.05) is 26.7 Å². The lowest BCUT2D eigenvalue weighted by Crippen LogP contribution is -2.43. The Bertz CT molecular complexity index is 615.